The van der Waals surface area contributed by atoms with E-state index in [0.29, 0.717) is 11.6 Å². The number of hydrogen-bond acceptors (Lipinski definition) is 2. The molecule has 0 atom stereocenters. The van der Waals surface area contributed by atoms with Crippen LogP contribution in [0.2, 0.25) is 5.02 Å². The Hall–Kier alpha value is -0.580. The molecule has 5 heteroatoms. The van der Waals surface area contributed by atoms with E-state index in [0.717, 1.165) is 20.2 Å². The number of rotatable bonds is 3. The summed E-state index contributed by atoms with van der Waals surface area (Å²) in [5.74, 6) is 0. The summed E-state index contributed by atoms with van der Waals surface area (Å²) in [4.78, 5) is 3.95. The van der Waals surface area contributed by atoms with Crippen LogP contribution in [0.1, 0.15) is 5.56 Å². The molecule has 0 spiro atoms. The van der Waals surface area contributed by atoms with Gasteiger partial charge in [0.2, 0.25) is 0 Å². The summed E-state index contributed by atoms with van der Waals surface area (Å²) in [5, 5.41) is 3.99. The monoisotopic (exact) mass is 374 g/mol. The molecule has 88 valence electrons. The van der Waals surface area contributed by atoms with Crippen LogP contribution >= 0.6 is 43.5 Å². The molecule has 2 aromatic rings. The van der Waals surface area contributed by atoms with Crippen molar-refractivity contribution in [2.24, 2.45) is 0 Å². The molecule has 0 bridgehead atoms. The van der Waals surface area contributed by atoms with Crippen molar-refractivity contribution >= 4 is 49.1 Å². The lowest BCUT2D eigenvalue weighted by atomic mass is 10.2. The molecule has 0 amide bonds. The van der Waals surface area contributed by atoms with Crippen LogP contribution in [-0.2, 0) is 6.54 Å². The fourth-order valence-corrected chi connectivity index (χ4v) is 2.74. The Kier molecular flexibility index (Phi) is 4.42. The van der Waals surface area contributed by atoms with E-state index in [1.807, 2.05) is 24.3 Å². The van der Waals surface area contributed by atoms with Gasteiger partial charge in [0.05, 0.1) is 5.02 Å². The average Bonchev–Trinajstić information content (AvgIpc) is 2.30. The van der Waals surface area contributed by atoms with Crippen LogP contribution in [0, 0.1) is 0 Å². The van der Waals surface area contributed by atoms with Crippen molar-refractivity contribution in [1.82, 2.24) is 4.98 Å². The maximum atomic E-state index is 6.03. The van der Waals surface area contributed by atoms with Gasteiger partial charge in [0.1, 0.15) is 0 Å². The Morgan fingerprint density at radius 2 is 2.06 bits per heavy atom. The smallest absolute Gasteiger partial charge is 0.0639 e. The minimum Gasteiger partial charge on any atom is -0.380 e. The molecule has 1 N–H and O–H groups in total. The van der Waals surface area contributed by atoms with E-state index in [1.165, 1.54) is 0 Å². The molecule has 0 aliphatic heterocycles. The molecule has 0 saturated heterocycles. The molecule has 0 aliphatic rings. The number of aromatic nitrogens is 1. The first-order valence-corrected chi connectivity index (χ1v) is 6.90. The molecule has 17 heavy (non-hydrogen) atoms. The number of nitrogens with one attached hydrogen (secondary N) is 1. The second-order valence-corrected chi connectivity index (χ2v) is 5.62. The van der Waals surface area contributed by atoms with Gasteiger partial charge in [0.15, 0.2) is 0 Å². The maximum Gasteiger partial charge on any atom is 0.0639 e. The second kappa shape index (κ2) is 5.85. The number of pyridine rings is 1. The number of nitrogens with zero attached hydrogens (tertiary/aromatic N) is 1. The van der Waals surface area contributed by atoms with Gasteiger partial charge in [-0.25, -0.2) is 0 Å². The van der Waals surface area contributed by atoms with E-state index in [2.05, 4.69) is 42.2 Å². The van der Waals surface area contributed by atoms with Gasteiger partial charge >= 0.3 is 0 Å². The summed E-state index contributed by atoms with van der Waals surface area (Å²) >= 11 is 13.0. The van der Waals surface area contributed by atoms with Gasteiger partial charge in [0, 0.05) is 33.6 Å². The van der Waals surface area contributed by atoms with Crippen LogP contribution in [0.25, 0.3) is 0 Å². The summed E-state index contributed by atoms with van der Waals surface area (Å²) in [6.07, 6.45) is 3.38. The molecule has 2 rings (SSSR count). The van der Waals surface area contributed by atoms with Gasteiger partial charge in [0.25, 0.3) is 0 Å². The van der Waals surface area contributed by atoms with Crippen molar-refractivity contribution in [2.45, 2.75) is 6.54 Å². The molecule has 0 saturated carbocycles. The number of anilines is 1. The van der Waals surface area contributed by atoms with E-state index >= 15 is 0 Å². The van der Waals surface area contributed by atoms with Crippen LogP contribution in [0.15, 0.2) is 45.6 Å². The van der Waals surface area contributed by atoms with E-state index in [1.54, 1.807) is 12.4 Å². The summed E-state index contributed by atoms with van der Waals surface area (Å²) in [7, 11) is 0. The Labute approximate surface area is 122 Å². The first kappa shape index (κ1) is 12.9. The van der Waals surface area contributed by atoms with Gasteiger partial charge in [-0.3, -0.25) is 4.98 Å². The average molecular weight is 376 g/mol. The minimum absolute atomic E-state index is 0.668. The van der Waals surface area contributed by atoms with E-state index in [-0.39, 0.29) is 0 Å². The minimum atomic E-state index is 0.668. The molecule has 1 aromatic carbocycles. The number of halogens is 3. The highest BCUT2D eigenvalue weighted by Gasteiger charge is 2.02. The van der Waals surface area contributed by atoms with Crippen LogP contribution in [0.3, 0.4) is 0 Å². The second-order valence-electron chi connectivity index (χ2n) is 3.44. The highest BCUT2D eigenvalue weighted by molar-refractivity contribution is 9.11. The van der Waals surface area contributed by atoms with Crippen molar-refractivity contribution in [1.29, 1.82) is 0 Å². The zero-order valence-electron chi connectivity index (χ0n) is 8.75. The number of hydrogen-bond donors (Lipinski definition) is 1. The Morgan fingerprint density at radius 3 is 2.76 bits per heavy atom. The van der Waals surface area contributed by atoms with Crippen LogP contribution in [0.4, 0.5) is 5.69 Å². The van der Waals surface area contributed by atoms with Gasteiger partial charge in [-0.2, -0.15) is 0 Å². The largest absolute Gasteiger partial charge is 0.380 e. The highest BCUT2D eigenvalue weighted by Crippen LogP contribution is 2.27. The first-order valence-electron chi connectivity index (χ1n) is 4.94. The molecule has 1 aromatic heterocycles. The Morgan fingerprint density at radius 1 is 1.24 bits per heavy atom. The molecule has 0 aliphatic carbocycles. The molecule has 0 radical (unpaired) electrons. The molecule has 0 fully saturated rings. The SMILES string of the molecule is Clc1cnccc1CNc1ccc(Br)cc1Br. The van der Waals surface area contributed by atoms with Gasteiger partial charge in [-0.15, -0.1) is 0 Å². The Balaban J connectivity index is 2.10. The predicted octanol–water partition coefficient (Wildman–Crippen LogP) is 4.87. The number of benzene rings is 1. The normalized spacial score (nSPS) is 10.3. The summed E-state index contributed by atoms with van der Waals surface area (Å²) in [6, 6.07) is 7.89. The van der Waals surface area contributed by atoms with Crippen LogP contribution in [-0.4, -0.2) is 4.98 Å². The fraction of sp³-hybridized carbons (Fsp3) is 0.0833. The van der Waals surface area contributed by atoms with Gasteiger partial charge in [-0.05, 0) is 45.8 Å². The van der Waals surface area contributed by atoms with Gasteiger partial charge < -0.3 is 5.32 Å². The highest BCUT2D eigenvalue weighted by atomic mass is 79.9. The molecule has 0 unspecified atom stereocenters. The first-order chi connectivity index (χ1) is 8.16. The van der Waals surface area contributed by atoms with Crippen molar-refractivity contribution in [2.75, 3.05) is 5.32 Å². The Bertz CT molecular complexity index is 532. The summed E-state index contributed by atoms with van der Waals surface area (Å²) in [5.41, 5.74) is 2.05. The van der Waals surface area contributed by atoms with Gasteiger partial charge in [-0.1, -0.05) is 27.5 Å². The van der Waals surface area contributed by atoms with Crippen molar-refractivity contribution in [3.63, 3.8) is 0 Å². The zero-order chi connectivity index (χ0) is 12.3. The van der Waals surface area contributed by atoms with E-state index in [9.17, 15) is 0 Å². The molecule has 2 nitrogen and oxygen atoms in total. The quantitative estimate of drug-likeness (QED) is 0.826. The van der Waals surface area contributed by atoms with Crippen LogP contribution < -0.4 is 5.32 Å². The molecular weight excluding hydrogens is 367 g/mol. The van der Waals surface area contributed by atoms with Crippen molar-refractivity contribution < 1.29 is 0 Å². The van der Waals surface area contributed by atoms with Crippen molar-refractivity contribution in [3.8, 4) is 0 Å². The lowest BCUT2D eigenvalue weighted by Gasteiger charge is -2.09. The van der Waals surface area contributed by atoms with Crippen molar-refractivity contribution in [3.05, 3.63) is 56.2 Å². The molecular formula is C12H9Br2ClN2. The van der Waals surface area contributed by atoms with Crippen LogP contribution in [0.5, 0.6) is 0 Å². The topological polar surface area (TPSA) is 24.9 Å². The summed E-state index contributed by atoms with van der Waals surface area (Å²) < 4.78 is 2.05. The lowest BCUT2D eigenvalue weighted by molar-refractivity contribution is 1.12. The third-order valence-corrected chi connectivity index (χ3v) is 3.75. The zero-order valence-corrected chi connectivity index (χ0v) is 12.7. The fourth-order valence-electron chi connectivity index (χ4n) is 1.37. The third-order valence-electron chi connectivity index (χ3n) is 2.26. The lowest BCUT2D eigenvalue weighted by Crippen LogP contribution is -2.00. The third kappa shape index (κ3) is 3.44. The molecule has 1 heterocycles. The maximum absolute atomic E-state index is 6.03. The summed E-state index contributed by atoms with van der Waals surface area (Å²) in [6.45, 7) is 0.668. The van der Waals surface area contributed by atoms with E-state index < -0.39 is 0 Å². The predicted molar refractivity (Wildman–Crippen MR) is 78.4 cm³/mol. The van der Waals surface area contributed by atoms with E-state index in [4.69, 9.17) is 11.6 Å². The standard InChI is InChI=1S/C12H9Br2ClN2/c13-9-1-2-12(10(14)5-9)17-6-8-3-4-16-7-11(8)15/h1-5,7,17H,6H2.